The van der Waals surface area contributed by atoms with Crippen molar-refractivity contribution in [2.24, 2.45) is 5.92 Å². The van der Waals surface area contributed by atoms with Gasteiger partial charge in [0.1, 0.15) is 0 Å². The minimum absolute atomic E-state index is 0.660. The quantitative estimate of drug-likeness (QED) is 0.811. The molecule has 4 nitrogen and oxygen atoms in total. The molecule has 0 radical (unpaired) electrons. The van der Waals surface area contributed by atoms with Crippen LogP contribution in [0.15, 0.2) is 10.6 Å². The van der Waals surface area contributed by atoms with Crippen molar-refractivity contribution in [1.82, 2.24) is 15.8 Å². The number of hydrogen-bond donors (Lipinski definition) is 2. The minimum atomic E-state index is 0.660. The van der Waals surface area contributed by atoms with Crippen LogP contribution in [0, 0.1) is 12.8 Å². The predicted molar refractivity (Wildman–Crippen MR) is 63.1 cm³/mol. The van der Waals surface area contributed by atoms with Crippen LogP contribution in [0.25, 0.3) is 0 Å². The number of aryl methyl sites for hydroxylation is 1. The molecule has 0 aromatic carbocycles. The Hall–Kier alpha value is -0.870. The third kappa shape index (κ3) is 3.32. The van der Waals surface area contributed by atoms with Gasteiger partial charge in [-0.15, -0.1) is 0 Å². The van der Waals surface area contributed by atoms with E-state index in [0.29, 0.717) is 6.04 Å². The molecular weight excluding hydrogens is 202 g/mol. The first-order chi connectivity index (χ1) is 7.74. The number of rotatable bonds is 4. The van der Waals surface area contributed by atoms with E-state index in [4.69, 9.17) is 4.52 Å². The van der Waals surface area contributed by atoms with E-state index in [9.17, 15) is 0 Å². The van der Waals surface area contributed by atoms with Crippen LogP contribution in [0.4, 0.5) is 0 Å². The number of nitrogens with zero attached hydrogens (tertiary/aromatic N) is 1. The normalized spacial score (nSPS) is 25.9. The average Bonchev–Trinajstić information content (AvgIpc) is 2.64. The number of nitrogens with one attached hydrogen (secondary N) is 2. The molecule has 0 aliphatic carbocycles. The van der Waals surface area contributed by atoms with E-state index >= 15 is 0 Å². The highest BCUT2D eigenvalue weighted by Gasteiger charge is 2.17. The highest BCUT2D eigenvalue weighted by atomic mass is 16.5. The van der Waals surface area contributed by atoms with Gasteiger partial charge < -0.3 is 15.2 Å². The highest BCUT2D eigenvalue weighted by Crippen LogP contribution is 2.15. The Morgan fingerprint density at radius 2 is 2.50 bits per heavy atom. The summed E-state index contributed by atoms with van der Waals surface area (Å²) in [6.07, 6.45) is 2.54. The third-order valence-corrected chi connectivity index (χ3v) is 3.14. The van der Waals surface area contributed by atoms with Crippen molar-refractivity contribution in [3.63, 3.8) is 0 Å². The molecule has 0 bridgehead atoms. The van der Waals surface area contributed by atoms with Gasteiger partial charge in [-0.1, -0.05) is 5.16 Å². The second-order valence-corrected chi connectivity index (χ2v) is 4.81. The number of piperidine rings is 1. The number of aromatic nitrogens is 1. The smallest absolute Gasteiger partial charge is 0.150 e. The average molecular weight is 223 g/mol. The predicted octanol–water partition coefficient (Wildman–Crippen LogP) is 1.46. The van der Waals surface area contributed by atoms with Crippen LogP contribution < -0.4 is 10.6 Å². The first-order valence-electron chi connectivity index (χ1n) is 6.10. The summed E-state index contributed by atoms with van der Waals surface area (Å²) in [4.78, 5) is 0. The Balaban J connectivity index is 1.67. The molecule has 2 rings (SSSR count). The second kappa shape index (κ2) is 5.46. The molecule has 2 atom stereocenters. The van der Waals surface area contributed by atoms with Crippen molar-refractivity contribution < 1.29 is 4.52 Å². The van der Waals surface area contributed by atoms with Crippen molar-refractivity contribution in [3.8, 4) is 0 Å². The van der Waals surface area contributed by atoms with E-state index in [1.54, 1.807) is 0 Å². The van der Waals surface area contributed by atoms with Crippen molar-refractivity contribution in [2.75, 3.05) is 13.1 Å². The van der Waals surface area contributed by atoms with E-state index in [0.717, 1.165) is 37.0 Å². The maximum Gasteiger partial charge on any atom is 0.150 e. The Morgan fingerprint density at radius 1 is 1.62 bits per heavy atom. The molecule has 1 aromatic rings. The first kappa shape index (κ1) is 11.6. The van der Waals surface area contributed by atoms with Crippen LogP contribution in [0.2, 0.25) is 0 Å². The fraction of sp³-hybridized carbons (Fsp3) is 0.750. The van der Waals surface area contributed by atoms with Crippen LogP contribution in [-0.4, -0.2) is 24.3 Å². The van der Waals surface area contributed by atoms with E-state index in [1.807, 2.05) is 13.0 Å². The van der Waals surface area contributed by atoms with E-state index in [2.05, 4.69) is 22.7 Å². The van der Waals surface area contributed by atoms with Crippen molar-refractivity contribution in [3.05, 3.63) is 17.5 Å². The van der Waals surface area contributed by atoms with Gasteiger partial charge >= 0.3 is 0 Å². The van der Waals surface area contributed by atoms with E-state index < -0.39 is 0 Å². The molecule has 1 aliphatic heterocycles. The topological polar surface area (TPSA) is 50.1 Å². The fourth-order valence-electron chi connectivity index (χ4n) is 2.32. The molecule has 1 aromatic heterocycles. The van der Waals surface area contributed by atoms with Gasteiger partial charge in [0.15, 0.2) is 5.76 Å². The SMILES string of the molecule is Cc1cc(CNCC2CCNC(C)C2)on1. The molecule has 0 saturated carbocycles. The summed E-state index contributed by atoms with van der Waals surface area (Å²) in [7, 11) is 0. The molecule has 4 heteroatoms. The molecule has 0 spiro atoms. The zero-order chi connectivity index (χ0) is 11.4. The van der Waals surface area contributed by atoms with Gasteiger partial charge in [0, 0.05) is 12.1 Å². The Kier molecular flexibility index (Phi) is 3.96. The molecule has 16 heavy (non-hydrogen) atoms. The summed E-state index contributed by atoms with van der Waals surface area (Å²) in [5, 5.41) is 10.8. The van der Waals surface area contributed by atoms with Gasteiger partial charge in [0.05, 0.1) is 12.2 Å². The summed E-state index contributed by atoms with van der Waals surface area (Å²) in [6, 6.07) is 2.64. The summed E-state index contributed by atoms with van der Waals surface area (Å²) < 4.78 is 5.15. The second-order valence-electron chi connectivity index (χ2n) is 4.81. The van der Waals surface area contributed by atoms with Gasteiger partial charge in [-0.3, -0.25) is 0 Å². The lowest BCUT2D eigenvalue weighted by atomic mass is 9.93. The van der Waals surface area contributed by atoms with Gasteiger partial charge in [0.2, 0.25) is 0 Å². The summed E-state index contributed by atoms with van der Waals surface area (Å²) in [6.45, 7) is 7.22. The largest absolute Gasteiger partial charge is 0.360 e. The summed E-state index contributed by atoms with van der Waals surface area (Å²) in [5.41, 5.74) is 0.951. The molecule has 0 amide bonds. The van der Waals surface area contributed by atoms with Crippen LogP contribution >= 0.6 is 0 Å². The number of hydrogen-bond acceptors (Lipinski definition) is 4. The maximum atomic E-state index is 5.15. The molecule has 1 aliphatic rings. The standard InChI is InChI=1S/C12H21N3O/c1-9-5-11(3-4-14-9)7-13-8-12-6-10(2)15-16-12/h6,9,11,13-14H,3-5,7-8H2,1-2H3. The maximum absolute atomic E-state index is 5.15. The molecule has 90 valence electrons. The Bertz CT molecular complexity index is 324. The van der Waals surface area contributed by atoms with Crippen LogP contribution in [0.5, 0.6) is 0 Å². The van der Waals surface area contributed by atoms with E-state index in [-0.39, 0.29) is 0 Å². The van der Waals surface area contributed by atoms with Crippen LogP contribution in [-0.2, 0) is 6.54 Å². The van der Waals surface area contributed by atoms with Crippen molar-refractivity contribution in [2.45, 2.75) is 39.3 Å². The van der Waals surface area contributed by atoms with Gasteiger partial charge in [0.25, 0.3) is 0 Å². The molecule has 2 unspecified atom stereocenters. The summed E-state index contributed by atoms with van der Waals surface area (Å²) >= 11 is 0. The zero-order valence-electron chi connectivity index (χ0n) is 10.1. The summed E-state index contributed by atoms with van der Waals surface area (Å²) in [5.74, 6) is 1.72. The van der Waals surface area contributed by atoms with Gasteiger partial charge in [-0.05, 0) is 45.7 Å². The minimum Gasteiger partial charge on any atom is -0.360 e. The van der Waals surface area contributed by atoms with Crippen LogP contribution in [0.3, 0.4) is 0 Å². The lowest BCUT2D eigenvalue weighted by Crippen LogP contribution is -2.39. The first-order valence-corrected chi connectivity index (χ1v) is 6.10. The lowest BCUT2D eigenvalue weighted by Gasteiger charge is -2.28. The van der Waals surface area contributed by atoms with Crippen LogP contribution in [0.1, 0.15) is 31.2 Å². The molecule has 1 fully saturated rings. The third-order valence-electron chi connectivity index (χ3n) is 3.14. The fourth-order valence-corrected chi connectivity index (χ4v) is 2.32. The van der Waals surface area contributed by atoms with Gasteiger partial charge in [-0.2, -0.15) is 0 Å². The molecule has 1 saturated heterocycles. The molecule has 2 N–H and O–H groups in total. The molecule has 2 heterocycles. The Morgan fingerprint density at radius 3 is 3.19 bits per heavy atom. The zero-order valence-corrected chi connectivity index (χ0v) is 10.1. The van der Waals surface area contributed by atoms with E-state index in [1.165, 1.54) is 12.8 Å². The molecular formula is C12H21N3O. The van der Waals surface area contributed by atoms with Gasteiger partial charge in [-0.25, -0.2) is 0 Å². The van der Waals surface area contributed by atoms with Crippen molar-refractivity contribution >= 4 is 0 Å². The Labute approximate surface area is 96.8 Å². The lowest BCUT2D eigenvalue weighted by molar-refractivity contribution is 0.297. The monoisotopic (exact) mass is 223 g/mol. The highest BCUT2D eigenvalue weighted by molar-refractivity contribution is 5.02. The van der Waals surface area contributed by atoms with Crippen molar-refractivity contribution in [1.29, 1.82) is 0 Å².